The van der Waals surface area contributed by atoms with Gasteiger partial charge in [-0.1, -0.05) is 35.5 Å². The lowest BCUT2D eigenvalue weighted by Gasteiger charge is -2.15. The molecule has 0 atom stereocenters. The van der Waals surface area contributed by atoms with E-state index >= 15 is 0 Å². The first-order valence-corrected chi connectivity index (χ1v) is 11.8. The van der Waals surface area contributed by atoms with Gasteiger partial charge in [-0.05, 0) is 85.1 Å². The maximum absolute atomic E-state index is 12.4. The first kappa shape index (κ1) is 24.5. The van der Waals surface area contributed by atoms with E-state index in [1.807, 2.05) is 49.4 Å². The van der Waals surface area contributed by atoms with Crippen LogP contribution in [-0.2, 0) is 12.8 Å². The lowest BCUT2D eigenvalue weighted by Crippen LogP contribution is -2.24. The minimum Gasteiger partial charge on any atom is -0.406 e. The molecule has 3 aromatic carbocycles. The second-order valence-electron chi connectivity index (χ2n) is 8.47. The van der Waals surface area contributed by atoms with Crippen molar-refractivity contribution in [3.8, 4) is 28.3 Å². The SMILES string of the molecule is Cc1ccccc1NC(=S)N/N=C/c1ccc2c(c1)CCc1c(-c3ccc(OC(F)(F)F)cc3)noc1-2. The summed E-state index contributed by atoms with van der Waals surface area (Å²) in [5.41, 5.74) is 9.94. The van der Waals surface area contributed by atoms with E-state index in [9.17, 15) is 13.2 Å². The Hall–Kier alpha value is -4.18. The van der Waals surface area contributed by atoms with Gasteiger partial charge in [-0.25, -0.2) is 0 Å². The van der Waals surface area contributed by atoms with Crippen LogP contribution in [0.15, 0.2) is 76.4 Å². The molecule has 0 saturated carbocycles. The molecule has 10 heteroatoms. The third-order valence-corrected chi connectivity index (χ3v) is 6.13. The normalized spacial score (nSPS) is 12.6. The second-order valence-corrected chi connectivity index (χ2v) is 8.87. The Morgan fingerprint density at radius 1 is 1.08 bits per heavy atom. The minimum absolute atomic E-state index is 0.283. The summed E-state index contributed by atoms with van der Waals surface area (Å²) in [6.07, 6.45) is -1.60. The number of hydrazone groups is 1. The molecule has 6 nitrogen and oxygen atoms in total. The third kappa shape index (κ3) is 5.64. The molecule has 4 aromatic rings. The van der Waals surface area contributed by atoms with Crippen molar-refractivity contribution in [2.24, 2.45) is 5.10 Å². The summed E-state index contributed by atoms with van der Waals surface area (Å²) in [7, 11) is 0. The van der Waals surface area contributed by atoms with Crippen LogP contribution in [0.1, 0.15) is 22.3 Å². The van der Waals surface area contributed by atoms with Crippen molar-refractivity contribution in [2.45, 2.75) is 26.1 Å². The molecular formula is C27H21F3N4O2S. The predicted octanol–water partition coefficient (Wildman–Crippen LogP) is 6.63. The van der Waals surface area contributed by atoms with Crippen LogP contribution in [0.3, 0.4) is 0 Å². The Bertz CT molecular complexity index is 1480. The van der Waals surface area contributed by atoms with Crippen molar-refractivity contribution in [1.29, 1.82) is 0 Å². The molecule has 2 N–H and O–H groups in total. The molecule has 0 aliphatic heterocycles. The number of fused-ring (bicyclic) bond motifs is 3. The van der Waals surface area contributed by atoms with Crippen molar-refractivity contribution in [3.63, 3.8) is 0 Å². The first-order chi connectivity index (χ1) is 17.8. The predicted molar refractivity (Wildman–Crippen MR) is 140 cm³/mol. The minimum atomic E-state index is -4.73. The number of ether oxygens (including phenoxy) is 1. The van der Waals surface area contributed by atoms with Gasteiger partial charge < -0.3 is 14.6 Å². The Morgan fingerprint density at radius 2 is 1.86 bits per heavy atom. The molecule has 1 aliphatic carbocycles. The monoisotopic (exact) mass is 522 g/mol. The molecule has 188 valence electrons. The van der Waals surface area contributed by atoms with Gasteiger partial charge in [0.2, 0.25) is 0 Å². The highest BCUT2D eigenvalue weighted by Crippen LogP contribution is 2.39. The van der Waals surface area contributed by atoms with Gasteiger partial charge in [0.15, 0.2) is 10.9 Å². The van der Waals surface area contributed by atoms with Gasteiger partial charge in [0.1, 0.15) is 11.4 Å². The van der Waals surface area contributed by atoms with E-state index in [0.29, 0.717) is 28.6 Å². The topological polar surface area (TPSA) is 71.7 Å². The van der Waals surface area contributed by atoms with Gasteiger partial charge in [-0.2, -0.15) is 5.10 Å². The molecule has 0 amide bonds. The Labute approximate surface area is 216 Å². The van der Waals surface area contributed by atoms with Crippen LogP contribution in [0.4, 0.5) is 18.9 Å². The van der Waals surface area contributed by atoms with Crippen LogP contribution < -0.4 is 15.5 Å². The zero-order chi connectivity index (χ0) is 26.0. The number of nitrogens with one attached hydrogen (secondary N) is 2. The quantitative estimate of drug-likeness (QED) is 0.174. The highest BCUT2D eigenvalue weighted by Gasteiger charge is 2.31. The Balaban J connectivity index is 1.28. The number of hydrogen-bond donors (Lipinski definition) is 2. The number of halogens is 3. The van der Waals surface area contributed by atoms with Gasteiger partial charge in [0.05, 0.1) is 6.21 Å². The fourth-order valence-electron chi connectivity index (χ4n) is 4.20. The number of hydrogen-bond acceptors (Lipinski definition) is 5. The summed E-state index contributed by atoms with van der Waals surface area (Å²) in [6, 6.07) is 19.3. The molecule has 1 heterocycles. The number of aryl methyl sites for hydroxylation is 2. The van der Waals surface area contributed by atoms with Crippen LogP contribution >= 0.6 is 12.2 Å². The van der Waals surface area contributed by atoms with Crippen LogP contribution in [0.5, 0.6) is 5.75 Å². The van der Waals surface area contributed by atoms with E-state index in [1.54, 1.807) is 18.3 Å². The lowest BCUT2D eigenvalue weighted by atomic mass is 9.87. The van der Waals surface area contributed by atoms with Crippen molar-refractivity contribution in [3.05, 3.63) is 89.0 Å². The molecule has 37 heavy (non-hydrogen) atoms. The second kappa shape index (κ2) is 10.1. The average molecular weight is 523 g/mol. The number of thiocarbonyl (C=S) groups is 1. The number of nitrogens with zero attached hydrogens (tertiary/aromatic N) is 2. The van der Waals surface area contributed by atoms with Crippen molar-refractivity contribution < 1.29 is 22.4 Å². The standard InChI is InChI=1S/C27H21F3N4O2S/c1-16-4-2-3-5-23(16)32-26(37)33-31-15-17-6-12-21-19(14-17)9-13-22-24(34-36-25(21)22)18-7-10-20(11-8-18)35-27(28,29)30/h2-8,10-12,14-15H,9,13H2,1H3,(H2,32,33,37)/b31-15+. The molecule has 0 saturated heterocycles. The molecule has 1 aliphatic rings. The molecular weight excluding hydrogens is 501 g/mol. The number of alkyl halides is 3. The number of anilines is 1. The van der Waals surface area contributed by atoms with Crippen LogP contribution in [0.25, 0.3) is 22.6 Å². The Kier molecular flexibility index (Phi) is 6.66. The highest BCUT2D eigenvalue weighted by molar-refractivity contribution is 7.80. The van der Waals surface area contributed by atoms with Crippen molar-refractivity contribution in [2.75, 3.05) is 5.32 Å². The van der Waals surface area contributed by atoms with Gasteiger partial charge in [-0.3, -0.25) is 5.43 Å². The zero-order valence-electron chi connectivity index (χ0n) is 19.6. The third-order valence-electron chi connectivity index (χ3n) is 5.94. The van der Waals surface area contributed by atoms with E-state index in [4.69, 9.17) is 16.7 Å². The molecule has 0 fully saturated rings. The zero-order valence-corrected chi connectivity index (χ0v) is 20.4. The fourth-order valence-corrected chi connectivity index (χ4v) is 4.37. The summed E-state index contributed by atoms with van der Waals surface area (Å²) in [6.45, 7) is 1.99. The maximum Gasteiger partial charge on any atom is 0.573 e. The summed E-state index contributed by atoms with van der Waals surface area (Å²) in [5, 5.41) is 12.0. The largest absolute Gasteiger partial charge is 0.573 e. The average Bonchev–Trinajstić information content (AvgIpc) is 3.29. The first-order valence-electron chi connectivity index (χ1n) is 11.4. The molecule has 1 aromatic heterocycles. The van der Waals surface area contributed by atoms with E-state index in [2.05, 4.69) is 25.7 Å². The van der Waals surface area contributed by atoms with Crippen LogP contribution in [0.2, 0.25) is 0 Å². The van der Waals surface area contributed by atoms with Gasteiger partial charge >= 0.3 is 6.36 Å². The van der Waals surface area contributed by atoms with Gasteiger partial charge in [0, 0.05) is 22.4 Å². The van der Waals surface area contributed by atoms with Gasteiger partial charge in [-0.15, -0.1) is 13.2 Å². The molecule has 0 unspecified atom stereocenters. The molecule has 0 radical (unpaired) electrons. The van der Waals surface area contributed by atoms with E-state index in [1.165, 1.54) is 12.1 Å². The van der Waals surface area contributed by atoms with Crippen molar-refractivity contribution >= 4 is 29.2 Å². The van der Waals surface area contributed by atoms with E-state index in [-0.39, 0.29) is 5.75 Å². The molecule has 0 bridgehead atoms. The molecule has 5 rings (SSSR count). The van der Waals surface area contributed by atoms with Gasteiger partial charge in [0.25, 0.3) is 0 Å². The lowest BCUT2D eigenvalue weighted by molar-refractivity contribution is -0.274. The summed E-state index contributed by atoms with van der Waals surface area (Å²) in [4.78, 5) is 0. The number of aromatic nitrogens is 1. The molecule has 0 spiro atoms. The van der Waals surface area contributed by atoms with Crippen molar-refractivity contribution in [1.82, 2.24) is 10.6 Å². The Morgan fingerprint density at radius 3 is 2.62 bits per heavy atom. The number of benzene rings is 3. The van der Waals surface area contributed by atoms with E-state index in [0.717, 1.165) is 39.9 Å². The fraction of sp³-hybridized carbons (Fsp3) is 0.148. The summed E-state index contributed by atoms with van der Waals surface area (Å²) >= 11 is 5.31. The maximum atomic E-state index is 12.4. The highest BCUT2D eigenvalue weighted by atomic mass is 32.1. The summed E-state index contributed by atoms with van der Waals surface area (Å²) < 4.78 is 46.9. The smallest absolute Gasteiger partial charge is 0.406 e. The number of rotatable bonds is 5. The summed E-state index contributed by atoms with van der Waals surface area (Å²) in [5.74, 6) is 0.381. The van der Waals surface area contributed by atoms with E-state index < -0.39 is 6.36 Å². The van der Waals surface area contributed by atoms with Crippen LogP contribution in [0, 0.1) is 6.92 Å². The number of para-hydroxylation sites is 1. The van der Waals surface area contributed by atoms with Crippen LogP contribution in [-0.4, -0.2) is 22.8 Å².